The Kier molecular flexibility index (Phi) is 6.40. The lowest BCUT2D eigenvalue weighted by Crippen LogP contribution is -2.30. The fraction of sp³-hybridized carbons (Fsp3) is 0.192. The highest BCUT2D eigenvalue weighted by molar-refractivity contribution is 6.51. The fourth-order valence-corrected chi connectivity index (χ4v) is 3.75. The van der Waals surface area contributed by atoms with Crippen molar-refractivity contribution in [3.05, 3.63) is 89.6 Å². The first-order chi connectivity index (χ1) is 16.0. The predicted molar refractivity (Wildman–Crippen MR) is 124 cm³/mol. The highest BCUT2D eigenvalue weighted by atomic mass is 16.5. The normalized spacial score (nSPS) is 17.3. The van der Waals surface area contributed by atoms with Gasteiger partial charge in [0.15, 0.2) is 0 Å². The molecule has 2 aromatic carbocycles. The summed E-state index contributed by atoms with van der Waals surface area (Å²) in [6.07, 6.45) is 2.43. The maximum Gasteiger partial charge on any atom is 0.301 e. The summed E-state index contributed by atoms with van der Waals surface area (Å²) in [7, 11) is 1.56. The highest BCUT2D eigenvalue weighted by Crippen LogP contribution is 2.41. The lowest BCUT2D eigenvalue weighted by atomic mass is 9.95. The number of pyridine rings is 1. The van der Waals surface area contributed by atoms with E-state index in [9.17, 15) is 14.7 Å². The van der Waals surface area contributed by atoms with E-state index < -0.39 is 17.7 Å². The van der Waals surface area contributed by atoms with Gasteiger partial charge in [0, 0.05) is 11.8 Å². The summed E-state index contributed by atoms with van der Waals surface area (Å²) in [6, 6.07) is 18.1. The average molecular weight is 444 g/mol. The van der Waals surface area contributed by atoms with Gasteiger partial charge in [0.2, 0.25) is 0 Å². The van der Waals surface area contributed by atoms with Gasteiger partial charge in [-0.25, -0.2) is 4.98 Å². The van der Waals surface area contributed by atoms with Gasteiger partial charge in [-0.05, 0) is 60.5 Å². The van der Waals surface area contributed by atoms with Crippen LogP contribution in [0.4, 0.5) is 5.82 Å². The van der Waals surface area contributed by atoms with E-state index >= 15 is 0 Å². The first-order valence-corrected chi connectivity index (χ1v) is 10.6. The third-order valence-corrected chi connectivity index (χ3v) is 5.37. The number of nitrogens with zero attached hydrogens (tertiary/aromatic N) is 2. The number of methoxy groups -OCH3 is 1. The van der Waals surface area contributed by atoms with Gasteiger partial charge in [0.05, 0.1) is 25.3 Å². The Morgan fingerprint density at radius 3 is 2.30 bits per heavy atom. The lowest BCUT2D eigenvalue weighted by Gasteiger charge is -2.24. The quantitative estimate of drug-likeness (QED) is 0.328. The molecule has 0 aliphatic carbocycles. The van der Waals surface area contributed by atoms with Crippen LogP contribution in [0.5, 0.6) is 11.5 Å². The number of Topliss-reactive ketones (excluding diaryl/α,β-unsaturated/α-hetero) is 1. The molecule has 33 heavy (non-hydrogen) atoms. The minimum atomic E-state index is -0.846. The van der Waals surface area contributed by atoms with Gasteiger partial charge in [-0.3, -0.25) is 14.5 Å². The Labute approximate surface area is 191 Å². The molecule has 4 rings (SSSR count). The van der Waals surface area contributed by atoms with Crippen LogP contribution >= 0.6 is 0 Å². The number of hydrogen-bond donors (Lipinski definition) is 1. The van der Waals surface area contributed by atoms with Crippen molar-refractivity contribution in [3.8, 4) is 11.5 Å². The van der Waals surface area contributed by atoms with E-state index in [2.05, 4.69) is 4.98 Å². The zero-order chi connectivity index (χ0) is 23.4. The largest absolute Gasteiger partial charge is 0.507 e. The molecule has 0 bridgehead atoms. The molecule has 1 amide bonds. The van der Waals surface area contributed by atoms with Crippen LogP contribution in [-0.4, -0.2) is 35.5 Å². The molecule has 7 heteroatoms. The number of ketones is 1. The van der Waals surface area contributed by atoms with E-state index in [0.29, 0.717) is 35.1 Å². The molecule has 1 saturated heterocycles. The highest BCUT2D eigenvalue weighted by Gasteiger charge is 2.47. The van der Waals surface area contributed by atoms with Crippen molar-refractivity contribution >= 4 is 23.3 Å². The maximum atomic E-state index is 13.1. The molecule has 3 aromatic rings. The number of aliphatic hydroxyl groups is 1. The van der Waals surface area contributed by atoms with Crippen LogP contribution in [0.3, 0.4) is 0 Å². The number of benzene rings is 2. The minimum absolute atomic E-state index is 0.00181. The molecule has 0 unspecified atom stereocenters. The second-order valence-electron chi connectivity index (χ2n) is 7.50. The summed E-state index contributed by atoms with van der Waals surface area (Å²) in [5, 5.41) is 11.2. The Morgan fingerprint density at radius 1 is 1.00 bits per heavy atom. The first kappa shape index (κ1) is 22.1. The van der Waals surface area contributed by atoms with Gasteiger partial charge in [-0.1, -0.05) is 25.1 Å². The molecule has 7 nitrogen and oxygen atoms in total. The van der Waals surface area contributed by atoms with Crippen molar-refractivity contribution in [2.75, 3.05) is 18.6 Å². The number of anilines is 1. The summed E-state index contributed by atoms with van der Waals surface area (Å²) in [5.41, 5.74) is 1.06. The molecule has 0 saturated carbocycles. The lowest BCUT2D eigenvalue weighted by molar-refractivity contribution is -0.132. The molecular weight excluding hydrogens is 420 g/mol. The molecule has 168 valence electrons. The van der Waals surface area contributed by atoms with Crippen molar-refractivity contribution in [2.45, 2.75) is 19.4 Å². The van der Waals surface area contributed by atoms with Gasteiger partial charge in [0.1, 0.15) is 23.1 Å². The third-order valence-electron chi connectivity index (χ3n) is 5.37. The number of carbonyl (C=O) groups is 2. The molecule has 1 aliphatic heterocycles. The van der Waals surface area contributed by atoms with Crippen molar-refractivity contribution in [1.82, 2.24) is 4.98 Å². The van der Waals surface area contributed by atoms with E-state index in [1.54, 1.807) is 80.0 Å². The van der Waals surface area contributed by atoms with Crippen molar-refractivity contribution in [2.24, 2.45) is 0 Å². The van der Waals surface area contributed by atoms with E-state index in [1.165, 1.54) is 4.90 Å². The van der Waals surface area contributed by atoms with Crippen molar-refractivity contribution < 1.29 is 24.2 Å². The monoisotopic (exact) mass is 444 g/mol. The number of rotatable bonds is 7. The Balaban J connectivity index is 1.83. The van der Waals surface area contributed by atoms with Gasteiger partial charge in [-0.2, -0.15) is 0 Å². The molecule has 1 fully saturated rings. The number of aliphatic hydroxyl groups excluding tert-OH is 1. The average Bonchev–Trinajstić information content (AvgIpc) is 3.13. The van der Waals surface area contributed by atoms with Gasteiger partial charge >= 0.3 is 5.91 Å². The zero-order valence-corrected chi connectivity index (χ0v) is 18.4. The first-order valence-electron chi connectivity index (χ1n) is 10.6. The summed E-state index contributed by atoms with van der Waals surface area (Å²) in [5.74, 6) is -0.160. The molecule has 1 atom stereocenters. The van der Waals surface area contributed by atoms with Crippen molar-refractivity contribution in [3.63, 3.8) is 0 Å². The summed E-state index contributed by atoms with van der Waals surface area (Å²) >= 11 is 0. The van der Waals surface area contributed by atoms with Gasteiger partial charge < -0.3 is 14.6 Å². The Bertz CT molecular complexity index is 1170. The minimum Gasteiger partial charge on any atom is -0.507 e. The van der Waals surface area contributed by atoms with E-state index in [4.69, 9.17) is 9.47 Å². The summed E-state index contributed by atoms with van der Waals surface area (Å²) in [4.78, 5) is 31.8. The van der Waals surface area contributed by atoms with Crippen LogP contribution in [0, 0.1) is 0 Å². The van der Waals surface area contributed by atoms with E-state index in [-0.39, 0.29) is 11.3 Å². The Hall–Kier alpha value is -4.13. The predicted octanol–water partition coefficient (Wildman–Crippen LogP) is 4.51. The Morgan fingerprint density at radius 2 is 1.70 bits per heavy atom. The third kappa shape index (κ3) is 4.30. The number of hydrogen-bond acceptors (Lipinski definition) is 6. The summed E-state index contributed by atoms with van der Waals surface area (Å²) in [6.45, 7) is 2.60. The van der Waals surface area contributed by atoms with Crippen LogP contribution in [0.15, 0.2) is 78.5 Å². The number of amides is 1. The molecule has 1 aliphatic rings. The van der Waals surface area contributed by atoms with Gasteiger partial charge in [0.25, 0.3) is 5.78 Å². The van der Waals surface area contributed by atoms with Crippen LogP contribution < -0.4 is 14.4 Å². The molecule has 1 aromatic heterocycles. The molecule has 1 N–H and O–H groups in total. The number of carbonyl (C=O) groups excluding carboxylic acids is 2. The van der Waals surface area contributed by atoms with Crippen LogP contribution in [0.2, 0.25) is 0 Å². The second-order valence-corrected chi connectivity index (χ2v) is 7.50. The van der Waals surface area contributed by atoms with E-state index in [1.807, 2.05) is 6.92 Å². The topological polar surface area (TPSA) is 89.0 Å². The number of aromatic nitrogens is 1. The molecule has 2 heterocycles. The van der Waals surface area contributed by atoms with E-state index in [0.717, 1.165) is 6.42 Å². The smallest absolute Gasteiger partial charge is 0.301 e. The van der Waals surface area contributed by atoms with Crippen LogP contribution in [0.1, 0.15) is 30.5 Å². The standard InChI is InChI=1S/C26H24N2O5/c1-3-16-33-20-13-9-18(10-14-20)24(29)22-23(17-7-11-19(32-2)12-8-17)28(26(31)25(22)30)21-6-4-5-15-27-21/h4-15,23,29H,3,16H2,1-2H3/t23-/m1/s1. The molecule has 0 spiro atoms. The summed E-state index contributed by atoms with van der Waals surface area (Å²) < 4.78 is 10.8. The van der Waals surface area contributed by atoms with Crippen LogP contribution in [-0.2, 0) is 9.59 Å². The number of ether oxygens (including phenoxy) is 2. The fourth-order valence-electron chi connectivity index (χ4n) is 3.75. The van der Waals surface area contributed by atoms with Crippen molar-refractivity contribution in [1.29, 1.82) is 0 Å². The van der Waals surface area contributed by atoms with Gasteiger partial charge in [-0.15, -0.1) is 0 Å². The molecular formula is C26H24N2O5. The second kappa shape index (κ2) is 9.56. The zero-order valence-electron chi connectivity index (χ0n) is 18.4. The maximum absolute atomic E-state index is 13.1. The molecule has 0 radical (unpaired) electrons. The van der Waals surface area contributed by atoms with Crippen LogP contribution in [0.25, 0.3) is 5.76 Å². The SMILES string of the molecule is CCCOc1ccc(C(O)=C2C(=O)C(=O)N(c3ccccn3)[C@@H]2c2ccc(OC)cc2)cc1.